The topological polar surface area (TPSA) is 75.6 Å². The van der Waals surface area contributed by atoms with Crippen molar-refractivity contribution in [3.8, 4) is 11.1 Å². The first kappa shape index (κ1) is 17.7. The molecule has 5 nitrogen and oxygen atoms in total. The van der Waals surface area contributed by atoms with Crippen molar-refractivity contribution >= 4 is 11.9 Å². The van der Waals surface area contributed by atoms with Gasteiger partial charge in [0, 0.05) is 11.4 Å². The van der Waals surface area contributed by atoms with Crippen LogP contribution in [0, 0.1) is 6.92 Å². The summed E-state index contributed by atoms with van der Waals surface area (Å²) in [4.78, 5) is 24.5. The van der Waals surface area contributed by atoms with Gasteiger partial charge in [-0.25, -0.2) is 9.59 Å². The zero-order chi connectivity index (χ0) is 19.0. The second kappa shape index (κ2) is 6.67. The normalized spacial score (nSPS) is 17.3. The van der Waals surface area contributed by atoms with E-state index >= 15 is 0 Å². The van der Waals surface area contributed by atoms with Crippen molar-refractivity contribution in [2.24, 2.45) is 0 Å². The standard InChI is InChI=1S/C21H21NO4/c1-11-10-16(15-9-7-5-6-8-14(11)15)19-17(20(23)24)12(2)22-13(3)18(19)21(25)26-4/h5-10,19,22H,1-4H3,(H,23,24). The highest BCUT2D eigenvalue weighted by atomic mass is 16.5. The molecule has 1 atom stereocenters. The Morgan fingerprint density at radius 1 is 1.00 bits per heavy atom. The highest BCUT2D eigenvalue weighted by molar-refractivity contribution is 6.00. The van der Waals surface area contributed by atoms with Gasteiger partial charge in [0.05, 0.1) is 24.2 Å². The van der Waals surface area contributed by atoms with Gasteiger partial charge in [-0.3, -0.25) is 0 Å². The van der Waals surface area contributed by atoms with E-state index in [1.54, 1.807) is 13.8 Å². The van der Waals surface area contributed by atoms with E-state index < -0.39 is 17.9 Å². The number of nitrogens with one attached hydrogen (secondary N) is 1. The van der Waals surface area contributed by atoms with Crippen LogP contribution in [0.2, 0.25) is 0 Å². The summed E-state index contributed by atoms with van der Waals surface area (Å²) in [7, 11) is 1.31. The number of fused-ring (bicyclic) bond motifs is 1. The van der Waals surface area contributed by atoms with Gasteiger partial charge in [-0.05, 0) is 43.0 Å². The summed E-state index contributed by atoms with van der Waals surface area (Å²) >= 11 is 0. The van der Waals surface area contributed by atoms with Crippen LogP contribution < -0.4 is 5.32 Å². The van der Waals surface area contributed by atoms with E-state index in [1.807, 2.05) is 43.3 Å². The Kier molecular flexibility index (Phi) is 4.55. The van der Waals surface area contributed by atoms with Gasteiger partial charge >= 0.3 is 11.9 Å². The van der Waals surface area contributed by atoms with Crippen molar-refractivity contribution in [3.05, 3.63) is 70.1 Å². The molecule has 2 aliphatic carbocycles. The quantitative estimate of drug-likeness (QED) is 0.827. The molecule has 0 saturated heterocycles. The molecule has 0 aromatic rings. The molecule has 0 bridgehead atoms. The van der Waals surface area contributed by atoms with Crippen LogP contribution in [-0.4, -0.2) is 24.2 Å². The number of esters is 1. The van der Waals surface area contributed by atoms with E-state index in [0.717, 1.165) is 22.3 Å². The number of methoxy groups -OCH3 is 1. The fraction of sp³-hybridized carbons (Fsp3) is 0.238. The van der Waals surface area contributed by atoms with Gasteiger partial charge < -0.3 is 15.2 Å². The van der Waals surface area contributed by atoms with Crippen LogP contribution in [-0.2, 0) is 14.3 Å². The van der Waals surface area contributed by atoms with Gasteiger partial charge in [0.2, 0.25) is 0 Å². The molecule has 0 amide bonds. The second-order valence-electron chi connectivity index (χ2n) is 6.45. The average molecular weight is 351 g/mol. The molecule has 5 heteroatoms. The smallest absolute Gasteiger partial charge is 0.336 e. The number of carboxylic acids is 1. The molecular formula is C21H21NO4. The number of carboxylic acid groups (broad SMARTS) is 1. The van der Waals surface area contributed by atoms with Crippen LogP contribution in [0.5, 0.6) is 0 Å². The second-order valence-corrected chi connectivity index (χ2v) is 6.45. The first-order chi connectivity index (χ1) is 12.4. The molecule has 0 aromatic carbocycles. The van der Waals surface area contributed by atoms with E-state index in [2.05, 4.69) is 5.32 Å². The van der Waals surface area contributed by atoms with Crippen LogP contribution in [0.25, 0.3) is 11.1 Å². The molecule has 0 aromatic heterocycles. The SMILES string of the molecule is COC(=O)C1=C(C)NC(C)=C(C(=O)O)C1c1cc(C)c2cccccc1-2. The summed E-state index contributed by atoms with van der Waals surface area (Å²) in [6, 6.07) is 11.7. The molecule has 3 rings (SSSR count). The van der Waals surface area contributed by atoms with Crippen molar-refractivity contribution in [1.82, 2.24) is 5.32 Å². The summed E-state index contributed by atoms with van der Waals surface area (Å²) in [6.07, 6.45) is 0. The number of hydrogen-bond donors (Lipinski definition) is 2. The Morgan fingerprint density at radius 2 is 1.62 bits per heavy atom. The Hall–Kier alpha value is -3.08. The summed E-state index contributed by atoms with van der Waals surface area (Å²) in [5, 5.41) is 12.9. The minimum Gasteiger partial charge on any atom is -0.478 e. The molecule has 0 fully saturated rings. The third-order valence-corrected chi connectivity index (χ3v) is 4.85. The largest absolute Gasteiger partial charge is 0.478 e. The van der Waals surface area contributed by atoms with E-state index in [9.17, 15) is 14.7 Å². The minimum absolute atomic E-state index is 0.161. The van der Waals surface area contributed by atoms with Crippen LogP contribution in [0.3, 0.4) is 0 Å². The Bertz CT molecular complexity index is 939. The van der Waals surface area contributed by atoms with Gasteiger partial charge in [0.15, 0.2) is 0 Å². The molecule has 3 aliphatic rings. The molecule has 1 aliphatic heterocycles. The predicted molar refractivity (Wildman–Crippen MR) is 98.7 cm³/mol. The van der Waals surface area contributed by atoms with Crippen molar-refractivity contribution in [2.75, 3.05) is 7.11 Å². The van der Waals surface area contributed by atoms with Gasteiger partial charge in [-0.15, -0.1) is 0 Å². The van der Waals surface area contributed by atoms with Crippen molar-refractivity contribution in [1.29, 1.82) is 0 Å². The van der Waals surface area contributed by atoms with Gasteiger partial charge in [-0.2, -0.15) is 0 Å². The lowest BCUT2D eigenvalue weighted by Crippen LogP contribution is -2.31. The third kappa shape index (κ3) is 2.75. The number of rotatable bonds is 3. The van der Waals surface area contributed by atoms with Crippen LogP contribution in [0.1, 0.15) is 30.9 Å². The Morgan fingerprint density at radius 3 is 2.23 bits per heavy atom. The zero-order valence-corrected chi connectivity index (χ0v) is 15.2. The van der Waals surface area contributed by atoms with Crippen LogP contribution in [0.4, 0.5) is 0 Å². The van der Waals surface area contributed by atoms with E-state index in [-0.39, 0.29) is 5.57 Å². The highest BCUT2D eigenvalue weighted by Gasteiger charge is 2.38. The summed E-state index contributed by atoms with van der Waals surface area (Å²) in [5.41, 5.74) is 5.42. The van der Waals surface area contributed by atoms with Gasteiger partial charge in [-0.1, -0.05) is 36.4 Å². The average Bonchev–Trinajstić information content (AvgIpc) is 2.75. The lowest BCUT2D eigenvalue weighted by Gasteiger charge is -2.29. The zero-order valence-electron chi connectivity index (χ0n) is 15.2. The van der Waals surface area contributed by atoms with Crippen LogP contribution >= 0.6 is 0 Å². The Balaban J connectivity index is 2.33. The van der Waals surface area contributed by atoms with E-state index in [1.165, 1.54) is 7.11 Å². The van der Waals surface area contributed by atoms with Gasteiger partial charge in [0.25, 0.3) is 0 Å². The lowest BCUT2D eigenvalue weighted by molar-refractivity contribution is -0.136. The van der Waals surface area contributed by atoms with Gasteiger partial charge in [0.1, 0.15) is 0 Å². The van der Waals surface area contributed by atoms with Crippen molar-refractivity contribution < 1.29 is 19.4 Å². The highest BCUT2D eigenvalue weighted by Crippen LogP contribution is 2.45. The number of hydrogen-bond acceptors (Lipinski definition) is 4. The summed E-state index contributed by atoms with van der Waals surface area (Å²) in [5.74, 6) is -2.28. The maximum absolute atomic E-state index is 12.5. The molecule has 26 heavy (non-hydrogen) atoms. The van der Waals surface area contributed by atoms with E-state index in [4.69, 9.17) is 4.74 Å². The fourth-order valence-electron chi connectivity index (χ4n) is 3.74. The lowest BCUT2D eigenvalue weighted by atomic mass is 9.79. The molecule has 0 saturated carbocycles. The molecule has 1 unspecified atom stereocenters. The molecule has 134 valence electrons. The Labute approximate surface area is 152 Å². The third-order valence-electron chi connectivity index (χ3n) is 4.85. The summed E-state index contributed by atoms with van der Waals surface area (Å²) in [6.45, 7) is 5.46. The number of carbonyl (C=O) groups is 2. The number of aryl methyl sites for hydroxylation is 1. The number of dihydropyridines is 1. The fourth-order valence-corrected chi connectivity index (χ4v) is 3.74. The minimum atomic E-state index is -1.05. The predicted octanol–water partition coefficient (Wildman–Crippen LogP) is 3.59. The number of aliphatic carboxylic acids is 1. The van der Waals surface area contributed by atoms with E-state index in [0.29, 0.717) is 17.0 Å². The monoisotopic (exact) mass is 351 g/mol. The molecule has 2 N–H and O–H groups in total. The first-order valence-corrected chi connectivity index (χ1v) is 8.35. The first-order valence-electron chi connectivity index (χ1n) is 8.35. The van der Waals surface area contributed by atoms with Crippen LogP contribution in [0.15, 0.2) is 58.9 Å². The molecular weight excluding hydrogens is 330 g/mol. The molecule has 0 spiro atoms. The molecule has 1 heterocycles. The maximum atomic E-state index is 12.5. The number of carbonyl (C=O) groups excluding carboxylic acids is 1. The maximum Gasteiger partial charge on any atom is 0.336 e. The molecule has 0 radical (unpaired) electrons. The van der Waals surface area contributed by atoms with Crippen molar-refractivity contribution in [3.63, 3.8) is 0 Å². The summed E-state index contributed by atoms with van der Waals surface area (Å²) < 4.78 is 4.96. The van der Waals surface area contributed by atoms with Crippen molar-refractivity contribution in [2.45, 2.75) is 26.7 Å². The number of ether oxygens (including phenoxy) is 1. The number of allylic oxidation sites excluding steroid dienone is 2.